The predicted octanol–water partition coefficient (Wildman–Crippen LogP) is 8.21. The number of aromatic amines is 2. The third-order valence-electron chi connectivity index (χ3n) is 7.28. The Bertz CT molecular complexity index is 2200. The molecule has 0 atom stereocenters. The number of hydrogen-bond acceptors (Lipinski definition) is 10. The summed E-state index contributed by atoms with van der Waals surface area (Å²) in [6.45, 7) is 7.32. The van der Waals surface area contributed by atoms with Gasteiger partial charge in [0.25, 0.3) is 22.5 Å². The molecule has 0 amide bonds. The summed E-state index contributed by atoms with van der Waals surface area (Å²) in [6.07, 6.45) is 0. The first-order valence-electron chi connectivity index (χ1n) is 15.0. The number of H-pyrrole nitrogens is 2. The predicted molar refractivity (Wildman–Crippen MR) is 186 cm³/mol. The van der Waals surface area contributed by atoms with Crippen LogP contribution in [0, 0.1) is 47.9 Å². The Balaban J connectivity index is 0.000000194. The third-order valence-corrected chi connectivity index (χ3v) is 7.28. The van der Waals surface area contributed by atoms with Gasteiger partial charge in [-0.15, -0.1) is 10.2 Å². The summed E-state index contributed by atoms with van der Waals surface area (Å²) >= 11 is 0. The molecular weight excluding hydrogens is 644 g/mol. The smallest absolute Gasteiger partial charge is 0.293 e. The van der Waals surface area contributed by atoms with Crippen molar-refractivity contribution < 1.29 is 9.85 Å². The van der Waals surface area contributed by atoms with Crippen molar-refractivity contribution in [2.75, 3.05) is 0 Å². The van der Waals surface area contributed by atoms with E-state index in [1.54, 1.807) is 50.2 Å². The number of nitrogens with one attached hydrogen (secondary N) is 2. The highest BCUT2D eigenvalue weighted by atomic mass is 16.6. The van der Waals surface area contributed by atoms with Crippen molar-refractivity contribution in [2.24, 2.45) is 20.5 Å². The van der Waals surface area contributed by atoms with Crippen LogP contribution in [0.2, 0.25) is 0 Å². The van der Waals surface area contributed by atoms with Crippen LogP contribution >= 0.6 is 0 Å². The van der Waals surface area contributed by atoms with E-state index in [2.05, 4.69) is 30.7 Å². The first-order valence-corrected chi connectivity index (χ1v) is 15.0. The van der Waals surface area contributed by atoms with Crippen molar-refractivity contribution in [1.82, 2.24) is 19.6 Å². The largest absolute Gasteiger partial charge is 0.299 e. The number of non-ortho nitro benzene ring substituents is 2. The Hall–Kier alpha value is -7.10. The molecule has 0 aliphatic rings. The molecule has 2 aromatic heterocycles. The summed E-state index contributed by atoms with van der Waals surface area (Å²) in [5, 5.41) is 43.8. The van der Waals surface area contributed by atoms with Crippen LogP contribution in [0.25, 0.3) is 11.4 Å². The standard InChI is InChI=1S/2C17H15N5O3/c2*1-11-6-8-13(9-7-11)18-19-16-12(2)20-21(17(16)23)14-4-3-5-15(10-14)22(24)25/h2*3-10,20H,1-2H3. The number of aryl methyl sites for hydroxylation is 4. The summed E-state index contributed by atoms with van der Waals surface area (Å²) in [7, 11) is 0. The van der Waals surface area contributed by atoms with Gasteiger partial charge in [0.15, 0.2) is 11.4 Å². The molecule has 0 aliphatic carbocycles. The first kappa shape index (κ1) is 34.2. The van der Waals surface area contributed by atoms with Crippen LogP contribution in [0.1, 0.15) is 22.5 Å². The molecule has 0 unspecified atom stereocenters. The molecule has 4 aromatic carbocycles. The molecule has 0 saturated heterocycles. The SMILES string of the molecule is Cc1ccc(N=Nc2c(C)[nH]n(-c3cccc([N+](=O)[O-])c3)c2=O)cc1.Cc1ccc(N=Nc2c(C)[nH]n(-c3cccc([N+](=O)[O-])c3)c2=O)cc1. The second-order valence-corrected chi connectivity index (χ2v) is 11.1. The van der Waals surface area contributed by atoms with Gasteiger partial charge in [-0.1, -0.05) is 47.5 Å². The lowest BCUT2D eigenvalue weighted by Crippen LogP contribution is -2.14. The van der Waals surface area contributed by atoms with Gasteiger partial charge in [-0.3, -0.25) is 40.0 Å². The number of nitro benzene ring substituents is 2. The van der Waals surface area contributed by atoms with Crippen LogP contribution in [0.4, 0.5) is 34.1 Å². The van der Waals surface area contributed by atoms with Gasteiger partial charge in [0.05, 0.1) is 44.0 Å². The van der Waals surface area contributed by atoms with Gasteiger partial charge in [0, 0.05) is 24.3 Å². The Morgan fingerprint density at radius 1 is 0.540 bits per heavy atom. The highest BCUT2D eigenvalue weighted by molar-refractivity contribution is 5.49. The highest BCUT2D eigenvalue weighted by Crippen LogP contribution is 2.22. The minimum Gasteiger partial charge on any atom is -0.293 e. The molecular formula is C34H30N10O6. The number of benzene rings is 4. The summed E-state index contributed by atoms with van der Waals surface area (Å²) in [4.78, 5) is 45.9. The van der Waals surface area contributed by atoms with E-state index in [9.17, 15) is 29.8 Å². The van der Waals surface area contributed by atoms with E-state index in [1.807, 2.05) is 38.1 Å². The van der Waals surface area contributed by atoms with Gasteiger partial charge in [0.2, 0.25) is 0 Å². The highest BCUT2D eigenvalue weighted by Gasteiger charge is 2.16. The molecule has 0 spiro atoms. The van der Waals surface area contributed by atoms with E-state index >= 15 is 0 Å². The van der Waals surface area contributed by atoms with Gasteiger partial charge in [-0.05, 0) is 64.1 Å². The molecule has 16 heteroatoms. The van der Waals surface area contributed by atoms with Gasteiger partial charge in [0.1, 0.15) is 0 Å². The molecule has 0 bridgehead atoms. The molecule has 0 aliphatic heterocycles. The number of nitro groups is 2. The lowest BCUT2D eigenvalue weighted by Gasteiger charge is -2.00. The quantitative estimate of drug-likeness (QED) is 0.0921. The minimum absolute atomic E-state index is 0.0977. The van der Waals surface area contributed by atoms with E-state index in [0.717, 1.165) is 11.1 Å². The van der Waals surface area contributed by atoms with Crippen molar-refractivity contribution in [3.8, 4) is 11.4 Å². The zero-order chi connectivity index (χ0) is 35.9. The molecule has 0 saturated carbocycles. The fraction of sp³-hybridized carbons (Fsp3) is 0.118. The van der Waals surface area contributed by atoms with Crippen molar-refractivity contribution >= 4 is 34.1 Å². The molecule has 252 valence electrons. The normalized spacial score (nSPS) is 11.1. The van der Waals surface area contributed by atoms with Crippen LogP contribution in [-0.4, -0.2) is 29.4 Å². The monoisotopic (exact) mass is 674 g/mol. The summed E-state index contributed by atoms with van der Waals surface area (Å²) in [6, 6.07) is 26.4. The third kappa shape index (κ3) is 7.88. The number of rotatable bonds is 8. The van der Waals surface area contributed by atoms with E-state index in [0.29, 0.717) is 34.1 Å². The fourth-order valence-electron chi connectivity index (χ4n) is 4.60. The average Bonchev–Trinajstić information content (AvgIpc) is 3.56. The van der Waals surface area contributed by atoms with Crippen molar-refractivity contribution in [3.05, 3.63) is 161 Å². The molecule has 2 heterocycles. The zero-order valence-electron chi connectivity index (χ0n) is 27.3. The zero-order valence-corrected chi connectivity index (χ0v) is 27.3. The molecule has 2 N–H and O–H groups in total. The Morgan fingerprint density at radius 2 is 0.900 bits per heavy atom. The number of hydrogen-bond donors (Lipinski definition) is 2. The molecule has 16 nitrogen and oxygen atoms in total. The molecule has 0 fully saturated rings. The fourth-order valence-corrected chi connectivity index (χ4v) is 4.60. The van der Waals surface area contributed by atoms with Crippen LogP contribution in [0.3, 0.4) is 0 Å². The van der Waals surface area contributed by atoms with Gasteiger partial charge in [-0.25, -0.2) is 9.36 Å². The molecule has 0 radical (unpaired) electrons. The second kappa shape index (κ2) is 14.8. The first-order chi connectivity index (χ1) is 23.9. The van der Waals surface area contributed by atoms with E-state index in [1.165, 1.54) is 45.8 Å². The van der Waals surface area contributed by atoms with Crippen LogP contribution in [0.15, 0.2) is 127 Å². The van der Waals surface area contributed by atoms with Crippen molar-refractivity contribution in [3.63, 3.8) is 0 Å². The van der Waals surface area contributed by atoms with E-state index < -0.39 is 21.0 Å². The Kier molecular flexibility index (Phi) is 10.1. The molecule has 6 aromatic rings. The lowest BCUT2D eigenvalue weighted by molar-refractivity contribution is -0.385. The number of aromatic nitrogens is 4. The van der Waals surface area contributed by atoms with Gasteiger partial charge in [-0.2, -0.15) is 10.2 Å². The van der Waals surface area contributed by atoms with E-state index in [4.69, 9.17) is 0 Å². The van der Waals surface area contributed by atoms with Gasteiger partial charge < -0.3 is 0 Å². The summed E-state index contributed by atoms with van der Waals surface area (Å²) in [5.74, 6) is 0. The second-order valence-electron chi connectivity index (χ2n) is 11.1. The van der Waals surface area contributed by atoms with Crippen molar-refractivity contribution in [1.29, 1.82) is 0 Å². The van der Waals surface area contributed by atoms with E-state index in [-0.39, 0.29) is 22.7 Å². The average molecular weight is 675 g/mol. The topological polar surface area (TPSA) is 211 Å². The number of azo groups is 2. The Morgan fingerprint density at radius 3 is 1.24 bits per heavy atom. The van der Waals surface area contributed by atoms with Gasteiger partial charge >= 0.3 is 0 Å². The van der Waals surface area contributed by atoms with Crippen LogP contribution in [0.5, 0.6) is 0 Å². The van der Waals surface area contributed by atoms with Crippen LogP contribution < -0.4 is 11.1 Å². The summed E-state index contributed by atoms with van der Waals surface area (Å²) < 4.78 is 2.43. The Labute approximate surface area is 283 Å². The molecule has 6 rings (SSSR count). The summed E-state index contributed by atoms with van der Waals surface area (Å²) in [5.41, 5.74) is 4.51. The van der Waals surface area contributed by atoms with Crippen LogP contribution in [-0.2, 0) is 0 Å². The molecule has 50 heavy (non-hydrogen) atoms. The number of nitrogens with zero attached hydrogens (tertiary/aromatic N) is 8. The maximum absolute atomic E-state index is 12.6. The maximum Gasteiger partial charge on any atom is 0.299 e. The lowest BCUT2D eigenvalue weighted by atomic mass is 10.2. The maximum atomic E-state index is 12.6. The van der Waals surface area contributed by atoms with Crippen molar-refractivity contribution in [2.45, 2.75) is 27.7 Å². The minimum atomic E-state index is -0.512.